The van der Waals surface area contributed by atoms with E-state index in [0.29, 0.717) is 16.3 Å². The fourth-order valence-corrected chi connectivity index (χ4v) is 5.00. The van der Waals surface area contributed by atoms with Crippen molar-refractivity contribution in [3.8, 4) is 0 Å². The first-order valence-corrected chi connectivity index (χ1v) is 10.7. The number of carbonyl (C=O) groups is 3. The second-order valence-electron chi connectivity index (χ2n) is 8.15. The van der Waals surface area contributed by atoms with Crippen LogP contribution in [0.5, 0.6) is 0 Å². The molecule has 156 valence electrons. The molecule has 2 aromatic carbocycles. The summed E-state index contributed by atoms with van der Waals surface area (Å²) in [6.07, 6.45) is 7.65. The fourth-order valence-electron chi connectivity index (χ4n) is 4.87. The summed E-state index contributed by atoms with van der Waals surface area (Å²) in [6.45, 7) is 0. The predicted molar refractivity (Wildman–Crippen MR) is 118 cm³/mol. The minimum atomic E-state index is -0.383. The molecular weight excluding hydrogens is 414 g/mol. The number of nitrogens with one attached hydrogen (secondary N) is 1. The van der Waals surface area contributed by atoms with Gasteiger partial charge in [-0.1, -0.05) is 35.9 Å². The number of amides is 3. The molecule has 0 unspecified atom stereocenters. The number of halogens is 1. The number of rotatable bonds is 4. The van der Waals surface area contributed by atoms with Crippen LogP contribution in [0, 0.1) is 23.7 Å². The molecule has 6 rings (SSSR count). The summed E-state index contributed by atoms with van der Waals surface area (Å²) < 4.78 is 0. The highest BCUT2D eigenvalue weighted by atomic mass is 35.5. The average Bonchev–Trinajstić information content (AvgIpc) is 3.08. The van der Waals surface area contributed by atoms with E-state index in [2.05, 4.69) is 22.7 Å². The van der Waals surface area contributed by atoms with Gasteiger partial charge in [-0.2, -0.15) is 5.10 Å². The van der Waals surface area contributed by atoms with Gasteiger partial charge in [-0.3, -0.25) is 19.3 Å². The summed E-state index contributed by atoms with van der Waals surface area (Å²) in [5, 5.41) is 4.58. The van der Waals surface area contributed by atoms with Crippen LogP contribution in [-0.2, 0) is 9.59 Å². The normalized spacial score (nSPS) is 26.5. The predicted octanol–water partition coefficient (Wildman–Crippen LogP) is 3.81. The second kappa shape index (κ2) is 7.78. The first-order chi connectivity index (χ1) is 15.0. The van der Waals surface area contributed by atoms with Gasteiger partial charge in [-0.15, -0.1) is 0 Å². The summed E-state index contributed by atoms with van der Waals surface area (Å²) in [6, 6.07) is 13.5. The Labute approximate surface area is 184 Å². The van der Waals surface area contributed by atoms with Gasteiger partial charge in [0.2, 0.25) is 11.8 Å². The molecule has 1 N–H and O–H groups in total. The molecule has 31 heavy (non-hydrogen) atoms. The zero-order valence-corrected chi connectivity index (χ0v) is 17.3. The lowest BCUT2D eigenvalue weighted by atomic mass is 9.63. The molecule has 4 atom stereocenters. The number of anilines is 1. The summed E-state index contributed by atoms with van der Waals surface area (Å²) in [5.41, 5.74) is 4.16. The highest BCUT2D eigenvalue weighted by Gasteiger charge is 2.56. The first-order valence-electron chi connectivity index (χ1n) is 10.3. The summed E-state index contributed by atoms with van der Waals surface area (Å²) in [5.74, 6) is -0.827. The van der Waals surface area contributed by atoms with Crippen molar-refractivity contribution in [1.29, 1.82) is 0 Å². The monoisotopic (exact) mass is 433 g/mol. The van der Waals surface area contributed by atoms with Crippen molar-refractivity contribution in [3.05, 3.63) is 76.8 Å². The molecule has 4 aliphatic rings. The molecule has 0 spiro atoms. The van der Waals surface area contributed by atoms with Crippen molar-refractivity contribution in [1.82, 2.24) is 5.43 Å². The molecule has 1 aliphatic heterocycles. The molecular formula is C24H20ClN3O3. The molecule has 6 nitrogen and oxygen atoms in total. The van der Waals surface area contributed by atoms with E-state index < -0.39 is 0 Å². The lowest BCUT2D eigenvalue weighted by Crippen LogP contribution is -2.38. The van der Waals surface area contributed by atoms with E-state index in [9.17, 15) is 14.4 Å². The summed E-state index contributed by atoms with van der Waals surface area (Å²) >= 11 is 5.84. The molecule has 3 amide bonds. The lowest BCUT2D eigenvalue weighted by Gasteiger charge is -2.38. The highest BCUT2D eigenvalue weighted by Crippen LogP contribution is 2.50. The van der Waals surface area contributed by atoms with Crippen LogP contribution in [0.15, 0.2) is 65.8 Å². The number of hydrogen-bond donors (Lipinski definition) is 1. The van der Waals surface area contributed by atoms with Gasteiger partial charge < -0.3 is 0 Å². The Balaban J connectivity index is 1.28. The van der Waals surface area contributed by atoms with E-state index in [4.69, 9.17) is 11.6 Å². The highest BCUT2D eigenvalue weighted by molar-refractivity contribution is 6.30. The zero-order valence-electron chi connectivity index (χ0n) is 16.6. The van der Waals surface area contributed by atoms with E-state index in [1.165, 1.54) is 11.1 Å². The number of hydrogen-bond acceptors (Lipinski definition) is 4. The van der Waals surface area contributed by atoms with Crippen LogP contribution in [0.25, 0.3) is 0 Å². The first kappa shape index (κ1) is 19.7. The molecule has 2 bridgehead atoms. The lowest BCUT2D eigenvalue weighted by molar-refractivity contribution is -0.124. The maximum Gasteiger partial charge on any atom is 0.271 e. The Hall–Kier alpha value is -3.25. The van der Waals surface area contributed by atoms with Crippen molar-refractivity contribution in [2.45, 2.75) is 12.8 Å². The minimum Gasteiger partial charge on any atom is -0.274 e. The third kappa shape index (κ3) is 3.47. The van der Waals surface area contributed by atoms with Gasteiger partial charge in [0.15, 0.2) is 0 Å². The zero-order chi connectivity index (χ0) is 21.5. The maximum atomic E-state index is 13.0. The Morgan fingerprint density at radius 2 is 1.52 bits per heavy atom. The van der Waals surface area contributed by atoms with Crippen molar-refractivity contribution >= 4 is 41.2 Å². The van der Waals surface area contributed by atoms with E-state index in [1.54, 1.807) is 48.5 Å². The number of imide groups is 1. The van der Waals surface area contributed by atoms with E-state index in [-0.39, 0.29) is 41.4 Å². The number of nitrogens with zero attached hydrogens (tertiary/aromatic N) is 2. The van der Waals surface area contributed by atoms with E-state index in [0.717, 1.165) is 18.4 Å². The van der Waals surface area contributed by atoms with Crippen LogP contribution in [0.3, 0.4) is 0 Å². The Morgan fingerprint density at radius 3 is 2.06 bits per heavy atom. The van der Waals surface area contributed by atoms with Gasteiger partial charge in [-0.25, -0.2) is 5.43 Å². The number of carbonyl (C=O) groups excluding carboxylic acids is 3. The molecule has 7 heteroatoms. The van der Waals surface area contributed by atoms with Crippen LogP contribution >= 0.6 is 11.6 Å². The number of fused-ring (bicyclic) bond motifs is 1. The molecule has 3 aliphatic carbocycles. The van der Waals surface area contributed by atoms with Gasteiger partial charge in [0, 0.05) is 10.6 Å². The molecule has 2 fully saturated rings. The fraction of sp³-hybridized carbons (Fsp3) is 0.250. The number of benzene rings is 2. The summed E-state index contributed by atoms with van der Waals surface area (Å²) in [4.78, 5) is 39.7. The van der Waals surface area contributed by atoms with Gasteiger partial charge in [0.1, 0.15) is 0 Å². The topological polar surface area (TPSA) is 78.8 Å². The van der Waals surface area contributed by atoms with Gasteiger partial charge in [-0.05, 0) is 66.6 Å². The van der Waals surface area contributed by atoms with Crippen molar-refractivity contribution in [3.63, 3.8) is 0 Å². The Morgan fingerprint density at radius 1 is 0.935 bits per heavy atom. The average molecular weight is 434 g/mol. The Kier molecular flexibility index (Phi) is 4.94. The third-order valence-corrected chi connectivity index (χ3v) is 6.65. The van der Waals surface area contributed by atoms with Crippen LogP contribution in [-0.4, -0.2) is 23.9 Å². The van der Waals surface area contributed by atoms with Crippen molar-refractivity contribution < 1.29 is 14.4 Å². The smallest absolute Gasteiger partial charge is 0.271 e. The van der Waals surface area contributed by atoms with Crippen molar-refractivity contribution in [2.75, 3.05) is 4.90 Å². The molecule has 0 aromatic heterocycles. The SMILES string of the molecule is O=C(N/N=C\c1ccc(Cl)cc1)c1ccc(N2C(=O)[C@@H]3[C@H](C2=O)[C@H]2C=C[C@H]3CC2)cc1. The van der Waals surface area contributed by atoms with Crippen LogP contribution in [0.2, 0.25) is 5.02 Å². The van der Waals surface area contributed by atoms with E-state index in [1.807, 2.05) is 0 Å². The Bertz CT molecular complexity index is 1080. The van der Waals surface area contributed by atoms with Gasteiger partial charge >= 0.3 is 0 Å². The summed E-state index contributed by atoms with van der Waals surface area (Å²) in [7, 11) is 0. The number of hydrazone groups is 1. The van der Waals surface area contributed by atoms with Crippen LogP contribution in [0.4, 0.5) is 5.69 Å². The maximum absolute atomic E-state index is 13.0. The van der Waals surface area contributed by atoms with E-state index >= 15 is 0 Å². The van der Waals surface area contributed by atoms with Gasteiger partial charge in [0.25, 0.3) is 5.91 Å². The van der Waals surface area contributed by atoms with Gasteiger partial charge in [0.05, 0.1) is 23.7 Å². The minimum absolute atomic E-state index is 0.126. The quantitative estimate of drug-likeness (QED) is 0.344. The van der Waals surface area contributed by atoms with Crippen molar-refractivity contribution in [2.24, 2.45) is 28.8 Å². The van der Waals surface area contributed by atoms with Crippen LogP contribution < -0.4 is 10.3 Å². The standard InChI is InChI=1S/C24H20ClN3O3/c25-18-9-1-14(2-10-18)13-26-27-22(29)17-7-11-19(12-8-17)28-23(30)20-15-3-4-16(6-5-15)21(20)24(28)31/h1-4,7-13,15-16,20-21H,5-6H2,(H,27,29)/b26-13-/t15-,16-,20-,21+/m0/s1. The second-order valence-corrected chi connectivity index (χ2v) is 8.59. The molecule has 1 saturated carbocycles. The largest absolute Gasteiger partial charge is 0.274 e. The molecule has 2 aromatic rings. The third-order valence-electron chi connectivity index (χ3n) is 6.40. The number of allylic oxidation sites excluding steroid dienone is 2. The molecule has 1 saturated heterocycles. The molecule has 0 radical (unpaired) electrons. The van der Waals surface area contributed by atoms with Crippen LogP contribution in [0.1, 0.15) is 28.8 Å². The molecule has 1 heterocycles.